The zero-order chi connectivity index (χ0) is 15.5. The Morgan fingerprint density at radius 1 is 1.18 bits per heavy atom. The Morgan fingerprint density at radius 3 is 2.64 bits per heavy atom. The second kappa shape index (κ2) is 5.82. The van der Waals surface area contributed by atoms with Crippen molar-refractivity contribution in [2.24, 2.45) is 5.73 Å². The Bertz CT molecular complexity index is 858. The first-order valence-electron chi connectivity index (χ1n) is 6.78. The predicted octanol–water partition coefficient (Wildman–Crippen LogP) is 1.10. The lowest BCUT2D eigenvalue weighted by Gasteiger charge is -2.09. The van der Waals surface area contributed by atoms with E-state index in [4.69, 9.17) is 5.73 Å². The van der Waals surface area contributed by atoms with E-state index in [-0.39, 0.29) is 5.65 Å². The van der Waals surface area contributed by atoms with Crippen molar-refractivity contribution in [3.63, 3.8) is 0 Å². The van der Waals surface area contributed by atoms with E-state index >= 15 is 0 Å². The van der Waals surface area contributed by atoms with Gasteiger partial charge < -0.3 is 16.3 Å². The van der Waals surface area contributed by atoms with Gasteiger partial charge in [-0.1, -0.05) is 24.3 Å². The molecule has 2 aromatic heterocycles. The highest BCUT2D eigenvalue weighted by atomic mass is 16.5. The number of anilines is 1. The molecule has 0 saturated carbocycles. The van der Waals surface area contributed by atoms with Gasteiger partial charge in [-0.15, -0.1) is 4.73 Å². The second-order valence-electron chi connectivity index (χ2n) is 4.80. The smallest absolute Gasteiger partial charge is 0.384 e. The van der Waals surface area contributed by atoms with Gasteiger partial charge in [0.1, 0.15) is 5.82 Å². The van der Waals surface area contributed by atoms with Gasteiger partial charge in [-0.25, -0.2) is 9.78 Å². The molecule has 0 spiro atoms. The van der Waals surface area contributed by atoms with E-state index in [2.05, 4.69) is 15.3 Å². The van der Waals surface area contributed by atoms with E-state index in [1.807, 2.05) is 24.3 Å². The standard InChI is InChI=1S/C15H15N5O2/c16-8-10-3-5-11(6-4-10)9-18-13-12-2-1-7-17-14(12)20(22)15(21)19-13/h1-7,22H,8-9,16H2,(H,18,19,21). The summed E-state index contributed by atoms with van der Waals surface area (Å²) in [5.41, 5.74) is 7.05. The maximum Gasteiger partial charge on any atom is 0.384 e. The number of benzene rings is 1. The Balaban J connectivity index is 1.90. The Hall–Kier alpha value is -2.93. The molecule has 2 heterocycles. The molecule has 0 unspecified atom stereocenters. The van der Waals surface area contributed by atoms with E-state index in [1.54, 1.807) is 12.1 Å². The number of aromatic nitrogens is 3. The van der Waals surface area contributed by atoms with Crippen molar-refractivity contribution in [2.45, 2.75) is 13.1 Å². The van der Waals surface area contributed by atoms with Crippen molar-refractivity contribution >= 4 is 16.9 Å². The molecule has 7 heteroatoms. The lowest BCUT2D eigenvalue weighted by Crippen LogP contribution is -2.23. The number of nitrogens with zero attached hydrogens (tertiary/aromatic N) is 3. The number of hydrogen-bond acceptors (Lipinski definition) is 6. The summed E-state index contributed by atoms with van der Waals surface area (Å²) in [5, 5.41) is 13.3. The summed E-state index contributed by atoms with van der Waals surface area (Å²) in [6.07, 6.45) is 1.50. The monoisotopic (exact) mass is 297 g/mol. The topological polar surface area (TPSA) is 106 Å². The van der Waals surface area contributed by atoms with Crippen LogP contribution in [0.5, 0.6) is 0 Å². The highest BCUT2D eigenvalue weighted by molar-refractivity contribution is 5.86. The van der Waals surface area contributed by atoms with E-state index < -0.39 is 5.69 Å². The molecule has 0 atom stereocenters. The molecule has 0 fully saturated rings. The summed E-state index contributed by atoms with van der Waals surface area (Å²) in [7, 11) is 0. The van der Waals surface area contributed by atoms with E-state index in [0.717, 1.165) is 11.1 Å². The fourth-order valence-corrected chi connectivity index (χ4v) is 2.16. The molecular weight excluding hydrogens is 282 g/mol. The Morgan fingerprint density at radius 2 is 1.91 bits per heavy atom. The first-order chi connectivity index (χ1) is 10.7. The van der Waals surface area contributed by atoms with Crippen LogP contribution >= 0.6 is 0 Å². The molecule has 0 aliphatic rings. The number of rotatable bonds is 4. The average Bonchev–Trinajstić information content (AvgIpc) is 2.57. The van der Waals surface area contributed by atoms with Crippen LogP contribution in [0.25, 0.3) is 11.0 Å². The molecule has 0 saturated heterocycles. The molecular formula is C15H15N5O2. The van der Waals surface area contributed by atoms with Crippen molar-refractivity contribution in [3.8, 4) is 0 Å². The highest BCUT2D eigenvalue weighted by Gasteiger charge is 2.10. The average molecular weight is 297 g/mol. The molecule has 0 bridgehead atoms. The highest BCUT2D eigenvalue weighted by Crippen LogP contribution is 2.17. The van der Waals surface area contributed by atoms with E-state index in [0.29, 0.717) is 29.0 Å². The molecule has 3 aromatic rings. The summed E-state index contributed by atoms with van der Waals surface area (Å²) in [6, 6.07) is 11.3. The summed E-state index contributed by atoms with van der Waals surface area (Å²) < 4.78 is 0.441. The van der Waals surface area contributed by atoms with Gasteiger partial charge in [0.25, 0.3) is 0 Å². The maximum absolute atomic E-state index is 11.7. The predicted molar refractivity (Wildman–Crippen MR) is 82.6 cm³/mol. The zero-order valence-corrected chi connectivity index (χ0v) is 11.7. The van der Waals surface area contributed by atoms with Crippen LogP contribution in [-0.2, 0) is 13.1 Å². The third-order valence-corrected chi connectivity index (χ3v) is 3.35. The molecule has 0 amide bonds. The van der Waals surface area contributed by atoms with Crippen LogP contribution in [0.2, 0.25) is 0 Å². The second-order valence-corrected chi connectivity index (χ2v) is 4.80. The summed E-state index contributed by atoms with van der Waals surface area (Å²) in [4.78, 5) is 19.5. The largest absolute Gasteiger partial charge is 0.422 e. The van der Waals surface area contributed by atoms with Crippen molar-refractivity contribution in [1.82, 2.24) is 14.7 Å². The minimum atomic E-state index is -0.771. The summed E-state index contributed by atoms with van der Waals surface area (Å²) in [5.74, 6) is 0.390. The van der Waals surface area contributed by atoms with Crippen molar-refractivity contribution in [1.29, 1.82) is 0 Å². The molecule has 7 nitrogen and oxygen atoms in total. The minimum Gasteiger partial charge on any atom is -0.422 e. The van der Waals surface area contributed by atoms with Crippen LogP contribution in [0.15, 0.2) is 47.4 Å². The third-order valence-electron chi connectivity index (χ3n) is 3.35. The Labute approximate surface area is 126 Å². The summed E-state index contributed by atoms with van der Waals surface area (Å²) >= 11 is 0. The quantitative estimate of drug-likeness (QED) is 0.623. The number of fused-ring (bicyclic) bond motifs is 1. The maximum atomic E-state index is 11.7. The van der Waals surface area contributed by atoms with Gasteiger partial charge in [0.2, 0.25) is 0 Å². The first kappa shape index (κ1) is 14.0. The van der Waals surface area contributed by atoms with Crippen LogP contribution < -0.4 is 16.7 Å². The van der Waals surface area contributed by atoms with Crippen molar-refractivity contribution < 1.29 is 5.21 Å². The van der Waals surface area contributed by atoms with Gasteiger partial charge in [-0.05, 0) is 23.3 Å². The molecule has 22 heavy (non-hydrogen) atoms. The van der Waals surface area contributed by atoms with Crippen LogP contribution in [0.3, 0.4) is 0 Å². The van der Waals surface area contributed by atoms with E-state index in [9.17, 15) is 10.0 Å². The van der Waals surface area contributed by atoms with Gasteiger partial charge in [-0.3, -0.25) is 0 Å². The van der Waals surface area contributed by atoms with E-state index in [1.165, 1.54) is 6.20 Å². The number of nitrogens with one attached hydrogen (secondary N) is 1. The fraction of sp³-hybridized carbons (Fsp3) is 0.133. The van der Waals surface area contributed by atoms with Gasteiger partial charge in [0.05, 0.1) is 5.39 Å². The molecule has 3 rings (SSSR count). The van der Waals surface area contributed by atoms with Gasteiger partial charge >= 0.3 is 5.69 Å². The molecule has 1 aromatic carbocycles. The molecule has 0 aliphatic heterocycles. The van der Waals surface area contributed by atoms with Crippen LogP contribution in [-0.4, -0.2) is 19.9 Å². The van der Waals surface area contributed by atoms with Crippen LogP contribution in [0.4, 0.5) is 5.82 Å². The normalized spacial score (nSPS) is 10.8. The minimum absolute atomic E-state index is 0.170. The Kier molecular flexibility index (Phi) is 3.71. The van der Waals surface area contributed by atoms with Crippen molar-refractivity contribution in [3.05, 3.63) is 64.2 Å². The molecule has 4 N–H and O–H groups in total. The summed E-state index contributed by atoms with van der Waals surface area (Å²) in [6.45, 7) is 0.997. The lowest BCUT2D eigenvalue weighted by molar-refractivity contribution is 0.182. The molecule has 0 radical (unpaired) electrons. The van der Waals surface area contributed by atoms with Crippen LogP contribution in [0.1, 0.15) is 11.1 Å². The van der Waals surface area contributed by atoms with Crippen LogP contribution in [0, 0.1) is 0 Å². The SMILES string of the molecule is NCc1ccc(CNc2nc(=O)n(O)c3ncccc23)cc1. The number of hydrogen-bond donors (Lipinski definition) is 3. The third kappa shape index (κ3) is 2.61. The molecule has 0 aliphatic carbocycles. The fourth-order valence-electron chi connectivity index (χ4n) is 2.16. The van der Waals surface area contributed by atoms with Crippen molar-refractivity contribution in [2.75, 3.05) is 5.32 Å². The first-order valence-corrected chi connectivity index (χ1v) is 6.78. The van der Waals surface area contributed by atoms with Gasteiger partial charge in [0.15, 0.2) is 5.65 Å². The van der Waals surface area contributed by atoms with Gasteiger partial charge in [0, 0.05) is 19.3 Å². The number of pyridine rings is 1. The zero-order valence-electron chi connectivity index (χ0n) is 11.7. The lowest BCUT2D eigenvalue weighted by atomic mass is 10.1. The van der Waals surface area contributed by atoms with Gasteiger partial charge in [-0.2, -0.15) is 4.98 Å². The molecule has 112 valence electrons. The number of nitrogens with two attached hydrogens (primary N) is 1.